The standard InChI is InChI=1S/C15H28N2O/c1-4-11(2)17-9-14(7-13-5-6-13)8-15(10-17)16-12(3)18/h11,13-15H,4-10H2,1-3H3,(H,16,18). The average Bonchev–Trinajstić information content (AvgIpc) is 3.10. The van der Waals surface area contributed by atoms with E-state index < -0.39 is 0 Å². The summed E-state index contributed by atoms with van der Waals surface area (Å²) in [5.74, 6) is 1.90. The number of carbonyl (C=O) groups excluding carboxylic acids is 1. The van der Waals surface area contributed by atoms with Crippen LogP contribution in [0, 0.1) is 11.8 Å². The van der Waals surface area contributed by atoms with E-state index >= 15 is 0 Å². The normalized spacial score (nSPS) is 31.1. The molecule has 3 heteroatoms. The number of nitrogens with one attached hydrogen (secondary N) is 1. The third kappa shape index (κ3) is 3.98. The Hall–Kier alpha value is -0.570. The summed E-state index contributed by atoms with van der Waals surface area (Å²) in [4.78, 5) is 13.9. The second-order valence-electron chi connectivity index (χ2n) is 6.39. The zero-order valence-electron chi connectivity index (χ0n) is 12.1. The number of hydrogen-bond acceptors (Lipinski definition) is 2. The van der Waals surface area contributed by atoms with E-state index in [2.05, 4.69) is 24.1 Å². The van der Waals surface area contributed by atoms with E-state index in [1.165, 1.54) is 38.6 Å². The van der Waals surface area contributed by atoms with Crippen molar-refractivity contribution in [3.8, 4) is 0 Å². The van der Waals surface area contributed by atoms with E-state index in [0.29, 0.717) is 12.1 Å². The van der Waals surface area contributed by atoms with Crippen molar-refractivity contribution >= 4 is 5.91 Å². The quantitative estimate of drug-likeness (QED) is 0.815. The molecule has 0 spiro atoms. The van der Waals surface area contributed by atoms with Crippen LogP contribution in [0.2, 0.25) is 0 Å². The molecule has 0 radical (unpaired) electrons. The largest absolute Gasteiger partial charge is 0.352 e. The molecule has 2 aliphatic rings. The second-order valence-corrected chi connectivity index (χ2v) is 6.39. The van der Waals surface area contributed by atoms with E-state index in [1.807, 2.05) is 0 Å². The lowest BCUT2D eigenvalue weighted by Crippen LogP contribution is -2.52. The fourth-order valence-corrected chi connectivity index (χ4v) is 3.25. The van der Waals surface area contributed by atoms with Gasteiger partial charge in [-0.15, -0.1) is 0 Å². The lowest BCUT2D eigenvalue weighted by molar-refractivity contribution is -0.120. The first kappa shape index (κ1) is 13.9. The topological polar surface area (TPSA) is 32.3 Å². The smallest absolute Gasteiger partial charge is 0.217 e. The minimum Gasteiger partial charge on any atom is -0.352 e. The molecule has 104 valence electrons. The second kappa shape index (κ2) is 6.05. The van der Waals surface area contributed by atoms with Crippen molar-refractivity contribution < 1.29 is 4.79 Å². The molecule has 1 aliphatic heterocycles. The van der Waals surface area contributed by atoms with Gasteiger partial charge in [-0.05, 0) is 38.0 Å². The highest BCUT2D eigenvalue weighted by molar-refractivity contribution is 5.73. The summed E-state index contributed by atoms with van der Waals surface area (Å²) in [6.45, 7) is 8.47. The molecule has 2 fully saturated rings. The van der Waals surface area contributed by atoms with Crippen LogP contribution >= 0.6 is 0 Å². The maximum Gasteiger partial charge on any atom is 0.217 e. The Balaban J connectivity index is 1.92. The lowest BCUT2D eigenvalue weighted by atomic mass is 9.88. The molecule has 18 heavy (non-hydrogen) atoms. The Bertz CT molecular complexity index is 288. The third-order valence-electron chi connectivity index (χ3n) is 4.55. The zero-order valence-corrected chi connectivity index (χ0v) is 12.1. The van der Waals surface area contributed by atoms with E-state index in [4.69, 9.17) is 0 Å². The fraction of sp³-hybridized carbons (Fsp3) is 0.933. The Kier molecular flexibility index (Phi) is 4.66. The maximum atomic E-state index is 11.3. The van der Waals surface area contributed by atoms with Crippen LogP contribution in [0.3, 0.4) is 0 Å². The van der Waals surface area contributed by atoms with E-state index in [0.717, 1.165) is 18.4 Å². The van der Waals surface area contributed by atoms with Crippen LogP contribution in [-0.4, -0.2) is 36.0 Å². The Morgan fingerprint density at radius 2 is 2.06 bits per heavy atom. The number of amides is 1. The van der Waals surface area contributed by atoms with Crippen LogP contribution in [0.15, 0.2) is 0 Å². The summed E-state index contributed by atoms with van der Waals surface area (Å²) >= 11 is 0. The van der Waals surface area contributed by atoms with Crippen molar-refractivity contribution in [1.29, 1.82) is 0 Å². The number of piperidine rings is 1. The van der Waals surface area contributed by atoms with Gasteiger partial charge in [0.1, 0.15) is 0 Å². The summed E-state index contributed by atoms with van der Waals surface area (Å²) < 4.78 is 0. The van der Waals surface area contributed by atoms with E-state index in [-0.39, 0.29) is 5.91 Å². The molecule has 3 unspecified atom stereocenters. The molecule has 1 aliphatic carbocycles. The van der Waals surface area contributed by atoms with Gasteiger partial charge in [-0.2, -0.15) is 0 Å². The number of carbonyl (C=O) groups is 1. The summed E-state index contributed by atoms with van der Waals surface area (Å²) in [6, 6.07) is 1.01. The van der Waals surface area contributed by atoms with Gasteiger partial charge in [-0.3, -0.25) is 9.69 Å². The maximum absolute atomic E-state index is 11.3. The Morgan fingerprint density at radius 1 is 1.33 bits per heavy atom. The fourth-order valence-electron chi connectivity index (χ4n) is 3.25. The first-order valence-electron chi connectivity index (χ1n) is 7.59. The minimum atomic E-state index is 0.121. The summed E-state index contributed by atoms with van der Waals surface area (Å²) in [5.41, 5.74) is 0. The third-order valence-corrected chi connectivity index (χ3v) is 4.55. The molecule has 0 aromatic rings. The average molecular weight is 252 g/mol. The molecule has 0 aromatic heterocycles. The minimum absolute atomic E-state index is 0.121. The molecule has 2 rings (SSSR count). The van der Waals surface area contributed by atoms with Gasteiger partial charge >= 0.3 is 0 Å². The Morgan fingerprint density at radius 3 is 2.61 bits per heavy atom. The monoisotopic (exact) mass is 252 g/mol. The molecule has 1 N–H and O–H groups in total. The van der Waals surface area contributed by atoms with Gasteiger partial charge in [0.05, 0.1) is 0 Å². The van der Waals surface area contributed by atoms with Crippen molar-refractivity contribution in [3.05, 3.63) is 0 Å². The molecule has 1 saturated heterocycles. The highest BCUT2D eigenvalue weighted by Gasteiger charge is 2.33. The predicted molar refractivity (Wildman–Crippen MR) is 74.4 cm³/mol. The Labute approximate surface area is 111 Å². The highest BCUT2D eigenvalue weighted by Crippen LogP contribution is 2.38. The SMILES string of the molecule is CCC(C)N1CC(CC2CC2)CC(NC(C)=O)C1. The number of rotatable bonds is 5. The van der Waals surface area contributed by atoms with Crippen LogP contribution in [0.1, 0.15) is 52.9 Å². The van der Waals surface area contributed by atoms with E-state index in [9.17, 15) is 4.79 Å². The van der Waals surface area contributed by atoms with Gasteiger partial charge < -0.3 is 5.32 Å². The summed E-state index contributed by atoms with van der Waals surface area (Å²) in [7, 11) is 0. The van der Waals surface area contributed by atoms with Crippen molar-refractivity contribution in [2.75, 3.05) is 13.1 Å². The van der Waals surface area contributed by atoms with Crippen molar-refractivity contribution in [2.24, 2.45) is 11.8 Å². The highest BCUT2D eigenvalue weighted by atomic mass is 16.1. The first-order valence-corrected chi connectivity index (χ1v) is 7.59. The molecule has 1 heterocycles. The van der Waals surface area contributed by atoms with Gasteiger partial charge in [0.15, 0.2) is 0 Å². The number of nitrogens with zero attached hydrogens (tertiary/aromatic N) is 1. The van der Waals surface area contributed by atoms with Crippen LogP contribution in [0.5, 0.6) is 0 Å². The van der Waals surface area contributed by atoms with Crippen molar-refractivity contribution in [3.63, 3.8) is 0 Å². The van der Waals surface area contributed by atoms with Gasteiger partial charge in [0.25, 0.3) is 0 Å². The molecule has 0 aromatic carbocycles. The van der Waals surface area contributed by atoms with Crippen LogP contribution < -0.4 is 5.32 Å². The van der Waals surface area contributed by atoms with Crippen LogP contribution in [0.4, 0.5) is 0 Å². The summed E-state index contributed by atoms with van der Waals surface area (Å²) in [5, 5.41) is 3.13. The number of likely N-dealkylation sites (tertiary alicyclic amines) is 1. The predicted octanol–water partition coefficient (Wildman–Crippen LogP) is 2.41. The van der Waals surface area contributed by atoms with Crippen molar-refractivity contribution in [2.45, 2.75) is 65.0 Å². The van der Waals surface area contributed by atoms with Gasteiger partial charge in [0.2, 0.25) is 5.91 Å². The molecular weight excluding hydrogens is 224 g/mol. The van der Waals surface area contributed by atoms with Crippen LogP contribution in [0.25, 0.3) is 0 Å². The van der Waals surface area contributed by atoms with Gasteiger partial charge in [-0.1, -0.05) is 19.8 Å². The molecule has 3 nitrogen and oxygen atoms in total. The van der Waals surface area contributed by atoms with E-state index in [1.54, 1.807) is 6.92 Å². The molecule has 1 amide bonds. The first-order chi connectivity index (χ1) is 8.58. The molecule has 1 saturated carbocycles. The molecule has 3 atom stereocenters. The van der Waals surface area contributed by atoms with Crippen LogP contribution in [-0.2, 0) is 4.79 Å². The lowest BCUT2D eigenvalue weighted by Gasteiger charge is -2.41. The number of hydrogen-bond donors (Lipinski definition) is 1. The molecular formula is C15H28N2O. The summed E-state index contributed by atoms with van der Waals surface area (Å²) in [6.07, 6.45) is 6.63. The van der Waals surface area contributed by atoms with Crippen molar-refractivity contribution in [1.82, 2.24) is 10.2 Å². The van der Waals surface area contributed by atoms with Gasteiger partial charge in [0, 0.05) is 32.1 Å². The zero-order chi connectivity index (χ0) is 13.1. The van der Waals surface area contributed by atoms with Gasteiger partial charge in [-0.25, -0.2) is 0 Å². The molecule has 0 bridgehead atoms.